The van der Waals surface area contributed by atoms with Gasteiger partial charge < -0.3 is 4.57 Å². The summed E-state index contributed by atoms with van der Waals surface area (Å²) in [5, 5.41) is 7.17. The second-order valence-electron chi connectivity index (χ2n) is 16.4. The SMILES string of the molecule is CC1(C)c2cc(-c3ccccc3)c(-c3ccccc3)cc2-c2c(-c3ccccn3)nc(-c3cccc4c(-n5c6ccccc6c6cc7ccccc7cc65)cccc34)nc21. The predicted octanol–water partition coefficient (Wildman–Crippen LogP) is 14.2. The Bertz CT molecular complexity index is 3490. The van der Waals surface area contributed by atoms with E-state index in [0.29, 0.717) is 5.82 Å². The zero-order valence-electron chi connectivity index (χ0n) is 33.3. The number of para-hydroxylation sites is 1. The van der Waals surface area contributed by atoms with Crippen molar-refractivity contribution in [1.29, 1.82) is 0 Å². The molecule has 1 aliphatic rings. The highest BCUT2D eigenvalue weighted by Crippen LogP contribution is 2.54. The first-order valence-electron chi connectivity index (χ1n) is 20.6. The third-order valence-corrected chi connectivity index (χ3v) is 12.6. The van der Waals surface area contributed by atoms with Gasteiger partial charge in [0.05, 0.1) is 28.1 Å². The Morgan fingerprint density at radius 3 is 1.87 bits per heavy atom. The Morgan fingerprint density at radius 1 is 0.450 bits per heavy atom. The molecule has 3 heterocycles. The van der Waals surface area contributed by atoms with E-state index in [4.69, 9.17) is 15.0 Å². The zero-order valence-corrected chi connectivity index (χ0v) is 33.3. The highest BCUT2D eigenvalue weighted by atomic mass is 15.0. The smallest absolute Gasteiger partial charge is 0.160 e. The minimum atomic E-state index is -0.424. The molecular formula is C56H38N4. The minimum absolute atomic E-state index is 0.424. The third kappa shape index (κ3) is 5.14. The van der Waals surface area contributed by atoms with Crippen LogP contribution in [-0.2, 0) is 5.41 Å². The Kier molecular flexibility index (Phi) is 7.54. The fourth-order valence-corrected chi connectivity index (χ4v) is 9.74. The molecule has 0 atom stereocenters. The van der Waals surface area contributed by atoms with Crippen molar-refractivity contribution in [1.82, 2.24) is 19.5 Å². The lowest BCUT2D eigenvalue weighted by Gasteiger charge is -2.23. The molecule has 0 saturated heterocycles. The molecule has 4 heteroatoms. The molecule has 0 unspecified atom stereocenters. The summed E-state index contributed by atoms with van der Waals surface area (Å²) >= 11 is 0. The lowest BCUT2D eigenvalue weighted by Crippen LogP contribution is -2.18. The van der Waals surface area contributed by atoms with Crippen molar-refractivity contribution in [3.63, 3.8) is 0 Å². The molecule has 282 valence electrons. The largest absolute Gasteiger partial charge is 0.309 e. The first-order valence-corrected chi connectivity index (χ1v) is 20.6. The van der Waals surface area contributed by atoms with Gasteiger partial charge in [0.15, 0.2) is 5.82 Å². The molecule has 0 N–H and O–H groups in total. The van der Waals surface area contributed by atoms with Gasteiger partial charge in [0, 0.05) is 38.9 Å². The lowest BCUT2D eigenvalue weighted by atomic mass is 9.82. The summed E-state index contributed by atoms with van der Waals surface area (Å²) in [7, 11) is 0. The topological polar surface area (TPSA) is 43.6 Å². The Labute approximate surface area is 348 Å². The van der Waals surface area contributed by atoms with E-state index < -0.39 is 5.41 Å². The van der Waals surface area contributed by atoms with Crippen molar-refractivity contribution >= 4 is 43.4 Å². The predicted molar refractivity (Wildman–Crippen MR) is 248 cm³/mol. The summed E-state index contributed by atoms with van der Waals surface area (Å²) in [4.78, 5) is 16.1. The van der Waals surface area contributed by atoms with Crippen LogP contribution in [0.4, 0.5) is 0 Å². The lowest BCUT2D eigenvalue weighted by molar-refractivity contribution is 0.636. The fourth-order valence-electron chi connectivity index (χ4n) is 9.74. The number of pyridine rings is 1. The van der Waals surface area contributed by atoms with E-state index in [2.05, 4.69) is 194 Å². The molecule has 0 fully saturated rings. The van der Waals surface area contributed by atoms with E-state index in [-0.39, 0.29) is 0 Å². The molecule has 4 nitrogen and oxygen atoms in total. The molecular weight excluding hydrogens is 729 g/mol. The van der Waals surface area contributed by atoms with Gasteiger partial charge in [-0.2, -0.15) is 0 Å². The molecule has 0 saturated carbocycles. The van der Waals surface area contributed by atoms with Crippen LogP contribution in [0, 0.1) is 0 Å². The van der Waals surface area contributed by atoms with Gasteiger partial charge in [-0.15, -0.1) is 0 Å². The van der Waals surface area contributed by atoms with Crippen LogP contribution in [0.1, 0.15) is 25.1 Å². The highest BCUT2D eigenvalue weighted by Gasteiger charge is 2.41. The summed E-state index contributed by atoms with van der Waals surface area (Å²) in [6.45, 7) is 4.61. The molecule has 3 aromatic heterocycles. The van der Waals surface area contributed by atoms with Gasteiger partial charge in [-0.1, -0.05) is 153 Å². The van der Waals surface area contributed by atoms with Crippen molar-refractivity contribution < 1.29 is 0 Å². The number of benzene rings is 8. The number of hydrogen-bond acceptors (Lipinski definition) is 3. The number of nitrogens with zero attached hydrogens (tertiary/aromatic N) is 4. The van der Waals surface area contributed by atoms with Crippen molar-refractivity contribution in [2.24, 2.45) is 0 Å². The molecule has 0 amide bonds. The van der Waals surface area contributed by atoms with E-state index in [1.807, 2.05) is 18.3 Å². The normalized spacial score (nSPS) is 13.0. The standard InChI is InChI=1S/C56H38N4/c1-56(2)47-34-44(36-19-7-4-8-20-36)43(35-17-5-3-6-18-35)33-46(47)52-53(48-27-13-14-30-57-48)58-55(59-54(52)56)42-26-15-25-40-39(42)24-16-29-50(40)60-49-28-12-11-23-41(49)45-31-37-21-9-10-22-38(37)32-51(45)60/h3-34H,1-2H3. The van der Waals surface area contributed by atoms with Crippen LogP contribution >= 0.6 is 0 Å². The summed E-state index contributed by atoms with van der Waals surface area (Å²) in [6.07, 6.45) is 1.86. The van der Waals surface area contributed by atoms with E-state index in [1.165, 1.54) is 60.4 Å². The van der Waals surface area contributed by atoms with Gasteiger partial charge in [0.25, 0.3) is 0 Å². The number of fused-ring (bicyclic) bond motifs is 8. The summed E-state index contributed by atoms with van der Waals surface area (Å²) in [5.41, 5.74) is 14.9. The molecule has 12 rings (SSSR count). The van der Waals surface area contributed by atoms with Crippen LogP contribution in [0.5, 0.6) is 0 Å². The van der Waals surface area contributed by atoms with Crippen molar-refractivity contribution in [2.45, 2.75) is 19.3 Å². The average Bonchev–Trinajstić information content (AvgIpc) is 3.74. The van der Waals surface area contributed by atoms with Crippen LogP contribution in [-0.4, -0.2) is 19.5 Å². The van der Waals surface area contributed by atoms with Crippen molar-refractivity contribution in [3.05, 3.63) is 206 Å². The van der Waals surface area contributed by atoms with Gasteiger partial charge in [0.1, 0.15) is 5.69 Å². The van der Waals surface area contributed by atoms with Gasteiger partial charge in [-0.25, -0.2) is 9.97 Å². The average molecular weight is 767 g/mol. The van der Waals surface area contributed by atoms with Crippen LogP contribution < -0.4 is 0 Å². The second-order valence-corrected chi connectivity index (χ2v) is 16.4. The van der Waals surface area contributed by atoms with Gasteiger partial charge >= 0.3 is 0 Å². The molecule has 0 spiro atoms. The van der Waals surface area contributed by atoms with Crippen LogP contribution in [0.3, 0.4) is 0 Å². The van der Waals surface area contributed by atoms with Gasteiger partial charge in [0.2, 0.25) is 0 Å². The molecule has 0 aliphatic heterocycles. The van der Waals surface area contributed by atoms with Crippen LogP contribution in [0.15, 0.2) is 194 Å². The maximum Gasteiger partial charge on any atom is 0.160 e. The van der Waals surface area contributed by atoms with Gasteiger partial charge in [-0.3, -0.25) is 4.98 Å². The van der Waals surface area contributed by atoms with E-state index >= 15 is 0 Å². The van der Waals surface area contributed by atoms with Crippen molar-refractivity contribution in [3.8, 4) is 61.8 Å². The molecule has 0 bridgehead atoms. The molecule has 8 aromatic carbocycles. The molecule has 1 aliphatic carbocycles. The van der Waals surface area contributed by atoms with E-state index in [9.17, 15) is 0 Å². The number of aromatic nitrogens is 4. The van der Waals surface area contributed by atoms with Gasteiger partial charge in [-0.05, 0) is 98.1 Å². The first kappa shape index (κ1) is 34.4. The molecule has 60 heavy (non-hydrogen) atoms. The maximum atomic E-state index is 5.61. The maximum absolute atomic E-state index is 5.61. The Morgan fingerprint density at radius 2 is 1.10 bits per heavy atom. The zero-order chi connectivity index (χ0) is 40.0. The Balaban J connectivity index is 1.11. The fraction of sp³-hybridized carbons (Fsp3) is 0.0536. The number of rotatable bonds is 5. The Hall–Kier alpha value is -7.69. The quantitative estimate of drug-likeness (QED) is 0.175. The molecule has 0 radical (unpaired) electrons. The van der Waals surface area contributed by atoms with Crippen LogP contribution in [0.25, 0.3) is 105 Å². The van der Waals surface area contributed by atoms with E-state index in [1.54, 1.807) is 0 Å². The third-order valence-electron chi connectivity index (χ3n) is 12.6. The monoisotopic (exact) mass is 766 g/mol. The summed E-state index contributed by atoms with van der Waals surface area (Å²) in [5.74, 6) is 0.692. The first-order chi connectivity index (χ1) is 29.5. The van der Waals surface area contributed by atoms with Crippen molar-refractivity contribution in [2.75, 3.05) is 0 Å². The summed E-state index contributed by atoms with van der Waals surface area (Å²) < 4.78 is 2.43. The second kappa shape index (κ2) is 13.2. The highest BCUT2D eigenvalue weighted by molar-refractivity contribution is 6.15. The number of hydrogen-bond donors (Lipinski definition) is 0. The minimum Gasteiger partial charge on any atom is -0.309 e. The molecule has 11 aromatic rings. The van der Waals surface area contributed by atoms with E-state index in [0.717, 1.165) is 50.2 Å². The summed E-state index contributed by atoms with van der Waals surface area (Å²) in [6, 6.07) is 67.5. The van der Waals surface area contributed by atoms with Crippen LogP contribution in [0.2, 0.25) is 0 Å².